The predicted octanol–water partition coefficient (Wildman–Crippen LogP) is 5.04. The highest BCUT2D eigenvalue weighted by molar-refractivity contribution is 5.17. The van der Waals surface area contributed by atoms with Crippen molar-refractivity contribution in [2.45, 2.75) is 84.8 Å². The Hall–Kier alpha value is -0.0400. The molecule has 0 aromatic carbocycles. The largest absolute Gasteiger partial charge is 0.368 e. The molecule has 0 radical (unpaired) electrons. The Balaban J connectivity index is 2.07. The molecular weight excluding hydrogens is 232 g/mol. The van der Waals surface area contributed by atoms with Crippen molar-refractivity contribution in [3.05, 3.63) is 0 Å². The van der Waals surface area contributed by atoms with E-state index in [0.717, 1.165) is 23.7 Å². The molecule has 2 heterocycles. The quantitative estimate of drug-likeness (QED) is 0.678. The molecule has 0 aromatic heterocycles. The van der Waals surface area contributed by atoms with Gasteiger partial charge in [-0.25, -0.2) is 0 Å². The second kappa shape index (κ2) is 4.00. The average molecular weight is 264 g/mol. The molecule has 0 amide bonds. The molecule has 6 unspecified atom stereocenters. The van der Waals surface area contributed by atoms with E-state index in [9.17, 15) is 0 Å². The van der Waals surface area contributed by atoms with Crippen molar-refractivity contribution in [2.24, 2.45) is 29.1 Å². The molecule has 2 bridgehead atoms. The molecule has 1 heteroatoms. The van der Waals surface area contributed by atoms with Crippen LogP contribution in [0.2, 0.25) is 0 Å². The van der Waals surface area contributed by atoms with Crippen molar-refractivity contribution in [1.29, 1.82) is 0 Å². The minimum Gasteiger partial charge on any atom is -0.368 e. The monoisotopic (exact) mass is 264 g/mol. The van der Waals surface area contributed by atoms with E-state index in [4.69, 9.17) is 4.74 Å². The van der Waals surface area contributed by atoms with Gasteiger partial charge in [-0.1, -0.05) is 41.0 Å². The molecule has 1 nitrogen and oxygen atoms in total. The van der Waals surface area contributed by atoms with Crippen LogP contribution in [0.4, 0.5) is 0 Å². The second-order valence-electron chi connectivity index (χ2n) is 8.64. The average Bonchev–Trinajstić information content (AvgIpc) is 2.77. The fraction of sp³-hybridized carbons (Fsp3) is 1.00. The molecule has 1 aliphatic carbocycles. The van der Waals surface area contributed by atoms with Crippen LogP contribution in [0.25, 0.3) is 0 Å². The highest BCUT2D eigenvalue weighted by atomic mass is 16.5. The fourth-order valence-corrected chi connectivity index (χ4v) is 6.22. The smallest absolute Gasteiger partial charge is 0.0752 e. The summed E-state index contributed by atoms with van der Waals surface area (Å²) in [6.07, 6.45) is 6.69. The van der Waals surface area contributed by atoms with E-state index < -0.39 is 0 Å². The first kappa shape index (κ1) is 13.9. The number of ether oxygens (including phenoxy) is 1. The van der Waals surface area contributed by atoms with Gasteiger partial charge in [-0.15, -0.1) is 0 Å². The summed E-state index contributed by atoms with van der Waals surface area (Å²) in [6, 6.07) is 0. The molecule has 3 aliphatic rings. The van der Waals surface area contributed by atoms with Gasteiger partial charge in [0, 0.05) is 0 Å². The van der Waals surface area contributed by atoms with Gasteiger partial charge in [0.05, 0.1) is 11.2 Å². The first-order valence-electron chi connectivity index (χ1n) is 8.47. The first-order valence-corrected chi connectivity index (χ1v) is 8.47. The molecule has 1 saturated carbocycles. The highest BCUT2D eigenvalue weighted by Crippen LogP contribution is 2.68. The minimum atomic E-state index is 0.133. The molecule has 110 valence electrons. The lowest BCUT2D eigenvalue weighted by Crippen LogP contribution is -2.54. The van der Waals surface area contributed by atoms with Gasteiger partial charge < -0.3 is 4.74 Å². The van der Waals surface area contributed by atoms with Crippen LogP contribution in [-0.4, -0.2) is 11.2 Å². The molecule has 0 N–H and O–H groups in total. The Bertz CT molecular complexity index is 372. The summed E-state index contributed by atoms with van der Waals surface area (Å²) in [5.74, 6) is 3.06. The maximum Gasteiger partial charge on any atom is 0.0752 e. The van der Waals surface area contributed by atoms with Crippen LogP contribution < -0.4 is 0 Å². The van der Waals surface area contributed by atoms with Crippen LogP contribution in [0, 0.1) is 29.1 Å². The van der Waals surface area contributed by atoms with Gasteiger partial charge in [-0.05, 0) is 61.7 Å². The van der Waals surface area contributed by atoms with Crippen molar-refractivity contribution in [3.8, 4) is 0 Å². The third kappa shape index (κ3) is 1.63. The zero-order chi connectivity index (χ0) is 14.1. The number of fused-ring (bicyclic) bond motifs is 1. The number of rotatable bonds is 2. The zero-order valence-electron chi connectivity index (χ0n) is 13.8. The van der Waals surface area contributed by atoms with Crippen LogP contribution in [0.5, 0.6) is 0 Å². The van der Waals surface area contributed by atoms with E-state index in [1.165, 1.54) is 32.1 Å². The van der Waals surface area contributed by atoms with Crippen LogP contribution in [-0.2, 0) is 4.74 Å². The Morgan fingerprint density at radius 1 is 1.21 bits per heavy atom. The summed E-state index contributed by atoms with van der Waals surface area (Å²) in [4.78, 5) is 0. The zero-order valence-corrected chi connectivity index (χ0v) is 13.8. The van der Waals surface area contributed by atoms with Gasteiger partial charge in [-0.2, -0.15) is 0 Å². The van der Waals surface area contributed by atoms with E-state index in [2.05, 4.69) is 41.5 Å². The van der Waals surface area contributed by atoms with E-state index in [1.54, 1.807) is 0 Å². The highest BCUT2D eigenvalue weighted by Gasteiger charge is 2.69. The lowest BCUT2D eigenvalue weighted by atomic mass is 9.62. The van der Waals surface area contributed by atoms with Crippen LogP contribution in [0.15, 0.2) is 0 Å². The van der Waals surface area contributed by atoms with Gasteiger partial charge in [0.25, 0.3) is 0 Å². The molecule has 3 fully saturated rings. The van der Waals surface area contributed by atoms with Crippen LogP contribution in [0.1, 0.15) is 73.6 Å². The topological polar surface area (TPSA) is 9.23 Å². The summed E-state index contributed by atoms with van der Waals surface area (Å²) in [7, 11) is 0. The normalized spacial score (nSPS) is 56.7. The third-order valence-electron chi connectivity index (χ3n) is 7.27. The van der Waals surface area contributed by atoms with Gasteiger partial charge >= 0.3 is 0 Å². The van der Waals surface area contributed by atoms with E-state index in [0.29, 0.717) is 5.41 Å². The number of hydrogen-bond acceptors (Lipinski definition) is 1. The Morgan fingerprint density at radius 3 is 2.47 bits per heavy atom. The lowest BCUT2D eigenvalue weighted by Gasteiger charge is -2.53. The van der Waals surface area contributed by atoms with Gasteiger partial charge in [0.15, 0.2) is 0 Å². The van der Waals surface area contributed by atoms with Crippen molar-refractivity contribution in [3.63, 3.8) is 0 Å². The van der Waals surface area contributed by atoms with E-state index >= 15 is 0 Å². The summed E-state index contributed by atoms with van der Waals surface area (Å²) >= 11 is 0. The molecule has 19 heavy (non-hydrogen) atoms. The van der Waals surface area contributed by atoms with Crippen LogP contribution in [0.3, 0.4) is 0 Å². The van der Waals surface area contributed by atoms with Crippen molar-refractivity contribution in [2.75, 3.05) is 0 Å². The molecule has 2 aliphatic heterocycles. The SMILES string of the molecule is CCC1(C)CC2(C)OC3(CC2C(C)C)C(C)CCC13. The maximum absolute atomic E-state index is 6.88. The van der Waals surface area contributed by atoms with Gasteiger partial charge in [-0.3, -0.25) is 0 Å². The summed E-state index contributed by atoms with van der Waals surface area (Å²) in [5.41, 5.74) is 0.849. The third-order valence-corrected chi connectivity index (χ3v) is 7.27. The minimum absolute atomic E-state index is 0.133. The second-order valence-corrected chi connectivity index (χ2v) is 8.64. The van der Waals surface area contributed by atoms with Crippen molar-refractivity contribution >= 4 is 0 Å². The van der Waals surface area contributed by atoms with Crippen molar-refractivity contribution < 1.29 is 4.74 Å². The molecular formula is C18H32O. The van der Waals surface area contributed by atoms with Crippen molar-refractivity contribution in [1.82, 2.24) is 0 Å². The maximum atomic E-state index is 6.88. The standard InChI is InChI=1S/C18H32O/c1-7-16(5)11-17(6)14(12(2)3)10-18(19-17)13(4)8-9-15(16)18/h12-15H,7-11H2,1-6H3. The molecule has 0 aromatic rings. The Morgan fingerprint density at radius 2 is 1.89 bits per heavy atom. The van der Waals surface area contributed by atoms with E-state index in [1.807, 2.05) is 0 Å². The fourth-order valence-electron chi connectivity index (χ4n) is 6.22. The van der Waals surface area contributed by atoms with Crippen LogP contribution >= 0.6 is 0 Å². The summed E-state index contributed by atoms with van der Waals surface area (Å²) < 4.78 is 6.88. The molecule has 2 saturated heterocycles. The summed E-state index contributed by atoms with van der Waals surface area (Å²) in [6.45, 7) is 14.6. The molecule has 3 rings (SSSR count). The van der Waals surface area contributed by atoms with Gasteiger partial charge in [0.2, 0.25) is 0 Å². The Kier molecular flexibility index (Phi) is 2.93. The Labute approximate surface area is 119 Å². The lowest BCUT2D eigenvalue weighted by molar-refractivity contribution is -0.218. The first-order chi connectivity index (χ1) is 8.77. The van der Waals surface area contributed by atoms with Gasteiger partial charge in [0.1, 0.15) is 0 Å². The molecule has 6 atom stereocenters. The summed E-state index contributed by atoms with van der Waals surface area (Å²) in [5, 5.41) is 0. The number of hydrogen-bond donors (Lipinski definition) is 0. The predicted molar refractivity (Wildman–Crippen MR) is 80.1 cm³/mol. The van der Waals surface area contributed by atoms with E-state index in [-0.39, 0.29) is 11.2 Å². The molecule has 1 spiro atoms.